The van der Waals surface area contributed by atoms with Crippen molar-refractivity contribution in [2.24, 2.45) is 20.5 Å². The highest BCUT2D eigenvalue weighted by atomic mass is 16.8. The molecule has 1 unspecified atom stereocenters. The first-order valence-electron chi connectivity index (χ1n) is 34.7. The number of methoxy groups -OCH3 is 2. The number of aromatic carboxylic acids is 1. The number of carbonyl (C=O) groups is 5. The minimum atomic E-state index is -1.62. The fourth-order valence-corrected chi connectivity index (χ4v) is 11.6. The number of azo groups is 2. The predicted molar refractivity (Wildman–Crippen MR) is 394 cm³/mol. The third-order valence-electron chi connectivity index (χ3n) is 17.4. The van der Waals surface area contributed by atoms with Crippen molar-refractivity contribution in [1.82, 2.24) is 40.8 Å². The smallest absolute Gasteiger partial charge is 0.336 e. The molecule has 1 saturated heterocycles. The molecule has 9 rings (SSSR count). The van der Waals surface area contributed by atoms with Gasteiger partial charge in [0, 0.05) is 124 Å². The maximum Gasteiger partial charge on any atom is 0.336 e. The van der Waals surface area contributed by atoms with Gasteiger partial charge in [-0.2, -0.15) is 10.2 Å². The predicted octanol–water partition coefficient (Wildman–Crippen LogP) is 7.70. The highest BCUT2D eigenvalue weighted by molar-refractivity contribution is 6.09. The molecule has 8 N–H and O–H groups in total. The van der Waals surface area contributed by atoms with Crippen LogP contribution in [0.1, 0.15) is 78.3 Å². The van der Waals surface area contributed by atoms with E-state index < -0.39 is 72.2 Å². The number of amides is 4. The first kappa shape index (κ1) is 79.9. The van der Waals surface area contributed by atoms with E-state index in [0.29, 0.717) is 119 Å². The molecular formula is C74H90N15O18+. The van der Waals surface area contributed by atoms with Gasteiger partial charge in [0.1, 0.15) is 78.4 Å². The van der Waals surface area contributed by atoms with Crippen molar-refractivity contribution in [3.8, 4) is 33.9 Å². The van der Waals surface area contributed by atoms with E-state index in [4.69, 9.17) is 32.8 Å². The Kier molecular flexibility index (Phi) is 28.9. The van der Waals surface area contributed by atoms with Gasteiger partial charge in [0.15, 0.2) is 12.6 Å². The molecule has 1 fully saturated rings. The molecule has 0 bridgehead atoms. The number of rotatable bonds is 38. The van der Waals surface area contributed by atoms with Gasteiger partial charge in [-0.1, -0.05) is 24.1 Å². The van der Waals surface area contributed by atoms with E-state index in [0.717, 1.165) is 16.7 Å². The molecular weight excluding hydrogens is 1390 g/mol. The van der Waals surface area contributed by atoms with Gasteiger partial charge in [0.2, 0.25) is 23.1 Å². The fourth-order valence-electron chi connectivity index (χ4n) is 11.6. The maximum atomic E-state index is 13.5. The van der Waals surface area contributed by atoms with Crippen LogP contribution in [-0.4, -0.2) is 202 Å². The summed E-state index contributed by atoms with van der Waals surface area (Å²) in [6.07, 6.45) is -2.59. The van der Waals surface area contributed by atoms with Gasteiger partial charge in [-0.25, -0.2) is 14.1 Å². The van der Waals surface area contributed by atoms with Gasteiger partial charge < -0.3 is 84.3 Å². The molecule has 1 aromatic heterocycles. The summed E-state index contributed by atoms with van der Waals surface area (Å²) in [5.74, 6) is -1.55. The van der Waals surface area contributed by atoms with Crippen LogP contribution in [0.5, 0.6) is 11.5 Å². The van der Waals surface area contributed by atoms with Crippen molar-refractivity contribution >= 4 is 80.4 Å². The third-order valence-corrected chi connectivity index (χ3v) is 17.4. The van der Waals surface area contributed by atoms with Gasteiger partial charge in [-0.15, -0.1) is 15.3 Å². The zero-order valence-electron chi connectivity index (χ0n) is 60.7. The van der Waals surface area contributed by atoms with Crippen LogP contribution in [0.2, 0.25) is 0 Å². The molecule has 107 heavy (non-hydrogen) atoms. The lowest BCUT2D eigenvalue weighted by Gasteiger charge is -2.43. The first-order valence-corrected chi connectivity index (χ1v) is 34.7. The van der Waals surface area contributed by atoms with Crippen LogP contribution in [0, 0.1) is 10.1 Å². The molecule has 0 spiro atoms. The van der Waals surface area contributed by atoms with Gasteiger partial charge in [-0.05, 0) is 91.6 Å². The molecule has 6 aromatic rings. The second kappa shape index (κ2) is 38.7. The average Bonchev–Trinajstić information content (AvgIpc) is 1.17. The molecule has 0 radical (unpaired) electrons. The second-order valence-electron chi connectivity index (χ2n) is 25.6. The summed E-state index contributed by atoms with van der Waals surface area (Å²) < 4.78 is 44.6. The van der Waals surface area contributed by atoms with Crippen LogP contribution in [-0.2, 0) is 46.4 Å². The lowest BCUT2D eigenvalue weighted by molar-refractivity contribution is -0.384. The molecule has 0 saturated carbocycles. The van der Waals surface area contributed by atoms with Crippen LogP contribution >= 0.6 is 0 Å². The summed E-state index contributed by atoms with van der Waals surface area (Å²) >= 11 is 0. The minimum absolute atomic E-state index is 0.0248. The number of anilines is 2. The molecule has 6 atom stereocenters. The largest absolute Gasteiger partial charge is 0.494 e. The number of non-ortho nitro benzene ring substituents is 1. The number of nitrogens with one attached hydrogen (secondary N) is 4. The summed E-state index contributed by atoms with van der Waals surface area (Å²) in [7, 11) is 12.6. The fraction of sp³-hybridized carbons (Fsp3) is 0.405. The van der Waals surface area contributed by atoms with Crippen molar-refractivity contribution in [2.75, 3.05) is 105 Å². The van der Waals surface area contributed by atoms with Crippen molar-refractivity contribution < 1.29 is 82.2 Å². The number of hydrogen-bond acceptors (Lipinski definition) is 25. The molecule has 33 nitrogen and oxygen atoms in total. The van der Waals surface area contributed by atoms with E-state index in [1.807, 2.05) is 98.1 Å². The summed E-state index contributed by atoms with van der Waals surface area (Å²) in [6, 6.07) is 31.1. The van der Waals surface area contributed by atoms with Crippen molar-refractivity contribution in [3.63, 3.8) is 0 Å². The SMILES string of the molecule is COc1cc(N=Nc2ccc([N+](=O)[O-])cc2)c(OC)cc1N=Nc1ccc(N(C)CCCC(=O)NCc2cn(CCOCCOC(CC(=O)NCCCCCCNC(=O)c3ccc(-c4c5ccc(=[N+](C)C)cc-5oc5cc(N(C)C)ccc45)c(C(=O)O)c3)O[C@H]3O[C@H](CO)[C@H](O)[C@H](O)[C@H]3NC(C)=O)nn2)cc1. The van der Waals surface area contributed by atoms with E-state index in [-0.39, 0.29) is 75.0 Å². The molecule has 568 valence electrons. The van der Waals surface area contributed by atoms with E-state index in [2.05, 4.69) is 52.0 Å². The number of carboxylic acid groups (broad SMARTS) is 1. The quantitative estimate of drug-likeness (QED) is 0.00349. The number of carbonyl (C=O) groups excluding carboxylic acids is 4. The number of benzene rings is 6. The molecule has 4 amide bonds. The van der Waals surface area contributed by atoms with Crippen LogP contribution in [0.4, 0.5) is 39.8 Å². The Morgan fingerprint density at radius 1 is 0.738 bits per heavy atom. The topological polar surface area (TPSA) is 416 Å². The van der Waals surface area contributed by atoms with Gasteiger partial charge >= 0.3 is 5.97 Å². The Morgan fingerprint density at radius 3 is 2.04 bits per heavy atom. The highest BCUT2D eigenvalue weighted by Crippen LogP contribution is 2.44. The van der Waals surface area contributed by atoms with Crippen LogP contribution in [0.25, 0.3) is 33.4 Å². The Morgan fingerprint density at radius 2 is 1.40 bits per heavy atom. The molecule has 3 heterocycles. The molecule has 3 aliphatic rings. The monoisotopic (exact) mass is 1480 g/mol. The van der Waals surface area contributed by atoms with Crippen molar-refractivity contribution in [3.05, 3.63) is 154 Å². The number of hydrogen-bond donors (Lipinski definition) is 8. The Balaban J connectivity index is 0.684. The first-order chi connectivity index (χ1) is 51.5. The number of nitro groups is 1. The Bertz CT molecular complexity index is 4490. The number of unbranched alkanes of at least 4 members (excludes halogenated alkanes) is 3. The second-order valence-corrected chi connectivity index (χ2v) is 25.6. The zero-order chi connectivity index (χ0) is 76.7. The van der Waals surface area contributed by atoms with E-state index >= 15 is 0 Å². The molecule has 2 aliphatic heterocycles. The normalized spacial score (nSPS) is 16.0. The number of nitro benzene ring substituents is 1. The molecule has 5 aromatic carbocycles. The standard InChI is InChI=1S/C74H89N15O18/c1-45(91)78-69-71(95)70(94)64(44-90)106-74(69)107-67(41-66(93)75-29-11-9-10-12-30-76-72(96)46-15-26-54(57(36-46)73(97)98)68-55-27-24-52(85(2)3)37-60(55)105-61-38-53(86(4)5)25-28-56(61)68)104-35-34-103-33-32-88-43-49(81-84-88)42-77-65(92)14-13-31-87(6)50-20-16-47(17-21-50)79-82-58-39-63(102-8)59(40-62(58)101-7)83-80-48-18-22-51(23-19-48)89(99)100/h15-28,36-40,43,64,67,69-71,74,90,94-95H,9-14,29-35,41-42,44H2,1-8H3,(H4-,75,76,77,78,91,92,93,96,97,98)/p+1/t64-,67?,69-,70+,71-,74-/m1/s1. The number of carboxylic acids is 1. The number of nitrogens with zero attached hydrogens (tertiary/aromatic N) is 11. The summed E-state index contributed by atoms with van der Waals surface area (Å²) in [6.45, 7) is 2.21. The van der Waals surface area contributed by atoms with E-state index in [1.165, 1.54) is 51.5 Å². The van der Waals surface area contributed by atoms with Crippen molar-refractivity contribution in [1.29, 1.82) is 0 Å². The number of aliphatic hydroxyl groups excluding tert-OH is 3. The average molecular weight is 1480 g/mol. The van der Waals surface area contributed by atoms with Crippen LogP contribution < -0.4 is 50.5 Å². The van der Waals surface area contributed by atoms with E-state index in [1.54, 1.807) is 47.3 Å². The van der Waals surface area contributed by atoms with Gasteiger partial charge in [-0.3, -0.25) is 29.3 Å². The van der Waals surface area contributed by atoms with Gasteiger partial charge in [0.05, 0.1) is 94.3 Å². The van der Waals surface area contributed by atoms with Crippen LogP contribution in [0.3, 0.4) is 0 Å². The van der Waals surface area contributed by atoms with E-state index in [9.17, 15) is 54.5 Å². The van der Waals surface area contributed by atoms with Crippen molar-refractivity contribution in [2.45, 2.75) is 102 Å². The summed E-state index contributed by atoms with van der Waals surface area (Å²) in [4.78, 5) is 79.4. The number of aromatic nitrogens is 3. The lowest BCUT2D eigenvalue weighted by Crippen LogP contribution is -2.65. The third kappa shape index (κ3) is 22.2. The summed E-state index contributed by atoms with van der Waals surface area (Å²) in [5.41, 5.74) is 6.49. The van der Waals surface area contributed by atoms with Crippen LogP contribution in [0.15, 0.2) is 146 Å². The number of ether oxygens (including phenoxy) is 6. The number of fused-ring (bicyclic) bond motifs is 2. The van der Waals surface area contributed by atoms with Gasteiger partial charge in [0.25, 0.3) is 11.6 Å². The highest BCUT2D eigenvalue weighted by Gasteiger charge is 2.46. The zero-order valence-corrected chi connectivity index (χ0v) is 60.7. The summed E-state index contributed by atoms with van der Waals surface area (Å²) in [5, 5.41) is 91.3. The Labute approximate surface area is 616 Å². The maximum absolute atomic E-state index is 13.5. The Hall–Kier alpha value is -11.2. The number of aliphatic hydroxyl groups is 3. The minimum Gasteiger partial charge on any atom is -0.494 e. The molecule has 1 aliphatic carbocycles. The molecule has 33 heteroatoms. The lowest BCUT2D eigenvalue weighted by atomic mass is 9.89.